The van der Waals surface area contributed by atoms with Gasteiger partial charge in [-0.1, -0.05) is 12.1 Å². The van der Waals surface area contributed by atoms with E-state index in [9.17, 15) is 4.39 Å². The van der Waals surface area contributed by atoms with Gasteiger partial charge in [-0.15, -0.1) is 11.3 Å². The van der Waals surface area contributed by atoms with Gasteiger partial charge in [-0.2, -0.15) is 4.98 Å². The van der Waals surface area contributed by atoms with E-state index in [2.05, 4.69) is 20.3 Å². The Morgan fingerprint density at radius 3 is 2.91 bits per heavy atom. The van der Waals surface area contributed by atoms with E-state index in [1.807, 2.05) is 29.6 Å². The lowest BCUT2D eigenvalue weighted by molar-refractivity contribution is 0.416. The van der Waals surface area contributed by atoms with Gasteiger partial charge in [-0.05, 0) is 23.7 Å². The summed E-state index contributed by atoms with van der Waals surface area (Å²) in [4.78, 5) is 11.8. The number of anilines is 2. The SMILES string of the molecule is COc1ccccc1-c1csc(Nc2nc(Cl)ncc2F)n1. The number of ether oxygens (including phenoxy) is 1. The number of rotatable bonds is 4. The molecule has 0 unspecified atom stereocenters. The number of nitrogens with one attached hydrogen (secondary N) is 1. The van der Waals surface area contributed by atoms with Crippen LogP contribution in [0.5, 0.6) is 5.75 Å². The van der Waals surface area contributed by atoms with E-state index in [1.54, 1.807) is 7.11 Å². The van der Waals surface area contributed by atoms with Crippen molar-refractivity contribution in [3.05, 3.63) is 46.9 Å². The molecule has 0 aliphatic rings. The molecule has 2 aromatic heterocycles. The molecule has 0 fully saturated rings. The first-order valence-electron chi connectivity index (χ1n) is 6.21. The maximum Gasteiger partial charge on any atom is 0.224 e. The molecule has 8 heteroatoms. The van der Waals surface area contributed by atoms with Crippen LogP contribution in [0.2, 0.25) is 5.28 Å². The standard InChI is InChI=1S/C14H10ClFN4OS/c1-21-11-5-3-2-4-8(11)10-7-22-14(18-10)20-12-9(16)6-17-13(15)19-12/h2-7H,1H3,(H,17,18,19,20). The molecule has 0 aliphatic heterocycles. The van der Waals surface area contributed by atoms with Crippen LogP contribution in [0.15, 0.2) is 35.8 Å². The molecule has 112 valence electrons. The molecular formula is C14H10ClFN4OS. The summed E-state index contributed by atoms with van der Waals surface area (Å²) in [7, 11) is 1.60. The summed E-state index contributed by atoms with van der Waals surface area (Å²) in [5, 5.41) is 5.10. The van der Waals surface area contributed by atoms with Gasteiger partial charge in [0.05, 0.1) is 19.0 Å². The predicted octanol–water partition coefficient (Wildman–Crippen LogP) is 4.14. The van der Waals surface area contributed by atoms with Gasteiger partial charge in [-0.25, -0.2) is 14.4 Å². The van der Waals surface area contributed by atoms with E-state index in [0.717, 1.165) is 23.2 Å². The van der Waals surface area contributed by atoms with Crippen molar-refractivity contribution in [1.82, 2.24) is 15.0 Å². The van der Waals surface area contributed by atoms with Gasteiger partial charge in [0.25, 0.3) is 0 Å². The van der Waals surface area contributed by atoms with Crippen LogP contribution >= 0.6 is 22.9 Å². The number of thiazole rings is 1. The average Bonchev–Trinajstić information content (AvgIpc) is 2.99. The average molecular weight is 337 g/mol. The summed E-state index contributed by atoms with van der Waals surface area (Å²) in [5.41, 5.74) is 1.58. The minimum atomic E-state index is -0.599. The van der Waals surface area contributed by atoms with E-state index >= 15 is 0 Å². The summed E-state index contributed by atoms with van der Waals surface area (Å²) < 4.78 is 18.9. The number of hydrogen-bond donors (Lipinski definition) is 1. The van der Waals surface area contributed by atoms with Gasteiger partial charge >= 0.3 is 0 Å². The van der Waals surface area contributed by atoms with Crippen molar-refractivity contribution in [2.45, 2.75) is 0 Å². The van der Waals surface area contributed by atoms with E-state index in [-0.39, 0.29) is 11.1 Å². The monoisotopic (exact) mass is 336 g/mol. The third kappa shape index (κ3) is 3.00. The number of halogens is 2. The molecule has 22 heavy (non-hydrogen) atoms. The summed E-state index contributed by atoms with van der Waals surface area (Å²) in [6.07, 6.45) is 1.01. The summed E-state index contributed by atoms with van der Waals surface area (Å²) in [5.74, 6) is 0.106. The molecule has 1 N–H and O–H groups in total. The second kappa shape index (κ2) is 6.25. The number of hydrogen-bond acceptors (Lipinski definition) is 6. The Morgan fingerprint density at radius 2 is 2.09 bits per heavy atom. The number of para-hydroxylation sites is 1. The Kier molecular flexibility index (Phi) is 4.17. The zero-order valence-electron chi connectivity index (χ0n) is 11.4. The zero-order valence-corrected chi connectivity index (χ0v) is 13.0. The molecule has 3 aromatic rings. The van der Waals surface area contributed by atoms with Crippen molar-refractivity contribution < 1.29 is 9.13 Å². The highest BCUT2D eigenvalue weighted by atomic mass is 35.5. The molecule has 1 aromatic carbocycles. The smallest absolute Gasteiger partial charge is 0.224 e. The Morgan fingerprint density at radius 1 is 1.27 bits per heavy atom. The van der Waals surface area contributed by atoms with Crippen molar-refractivity contribution in [2.24, 2.45) is 0 Å². The molecule has 0 radical (unpaired) electrons. The molecule has 0 amide bonds. The first kappa shape index (κ1) is 14.7. The van der Waals surface area contributed by atoms with E-state index in [1.165, 1.54) is 11.3 Å². The van der Waals surface area contributed by atoms with Crippen LogP contribution in [0.1, 0.15) is 0 Å². The summed E-state index contributed by atoms with van der Waals surface area (Å²) >= 11 is 6.99. The molecule has 0 saturated heterocycles. The summed E-state index contributed by atoms with van der Waals surface area (Å²) in [6.45, 7) is 0. The second-order valence-corrected chi connectivity index (χ2v) is 5.39. The number of methoxy groups -OCH3 is 1. The second-order valence-electron chi connectivity index (χ2n) is 4.20. The van der Waals surface area contributed by atoms with Crippen LogP contribution in [-0.4, -0.2) is 22.1 Å². The molecule has 0 saturated carbocycles. The van der Waals surface area contributed by atoms with Crippen LogP contribution in [-0.2, 0) is 0 Å². The third-order valence-corrected chi connectivity index (χ3v) is 3.77. The molecule has 5 nitrogen and oxygen atoms in total. The third-order valence-electron chi connectivity index (χ3n) is 2.83. The molecule has 0 bridgehead atoms. The maximum absolute atomic E-state index is 13.6. The highest BCUT2D eigenvalue weighted by Crippen LogP contribution is 2.32. The van der Waals surface area contributed by atoms with Crippen molar-refractivity contribution in [1.29, 1.82) is 0 Å². The van der Waals surface area contributed by atoms with Crippen LogP contribution in [0.4, 0.5) is 15.3 Å². The van der Waals surface area contributed by atoms with E-state index in [4.69, 9.17) is 16.3 Å². The van der Waals surface area contributed by atoms with Gasteiger partial charge in [0, 0.05) is 10.9 Å². The highest BCUT2D eigenvalue weighted by molar-refractivity contribution is 7.14. The lowest BCUT2D eigenvalue weighted by Gasteiger charge is -2.05. The van der Waals surface area contributed by atoms with Crippen LogP contribution in [0.3, 0.4) is 0 Å². The van der Waals surface area contributed by atoms with Crippen LogP contribution < -0.4 is 10.1 Å². The van der Waals surface area contributed by atoms with Gasteiger partial charge in [0.1, 0.15) is 5.75 Å². The largest absolute Gasteiger partial charge is 0.496 e. The first-order chi connectivity index (χ1) is 10.7. The van der Waals surface area contributed by atoms with Gasteiger partial charge in [0.2, 0.25) is 5.28 Å². The van der Waals surface area contributed by atoms with Crippen LogP contribution in [0.25, 0.3) is 11.3 Å². The number of nitrogens with zero attached hydrogens (tertiary/aromatic N) is 3. The minimum Gasteiger partial charge on any atom is -0.496 e. The zero-order chi connectivity index (χ0) is 15.5. The fraction of sp³-hybridized carbons (Fsp3) is 0.0714. The van der Waals surface area contributed by atoms with Crippen molar-refractivity contribution in [3.8, 4) is 17.0 Å². The predicted molar refractivity (Wildman–Crippen MR) is 84.4 cm³/mol. The molecule has 0 atom stereocenters. The molecule has 3 rings (SSSR count). The highest BCUT2D eigenvalue weighted by Gasteiger charge is 2.12. The van der Waals surface area contributed by atoms with E-state index < -0.39 is 5.82 Å². The lowest BCUT2D eigenvalue weighted by Crippen LogP contribution is -1.98. The normalized spacial score (nSPS) is 10.5. The minimum absolute atomic E-state index is 0.0130. The van der Waals surface area contributed by atoms with Crippen LogP contribution in [0, 0.1) is 5.82 Å². The van der Waals surface area contributed by atoms with Gasteiger partial charge in [-0.3, -0.25) is 0 Å². The summed E-state index contributed by atoms with van der Waals surface area (Å²) in [6, 6.07) is 7.53. The van der Waals surface area contributed by atoms with E-state index in [0.29, 0.717) is 5.13 Å². The molecule has 2 heterocycles. The quantitative estimate of drug-likeness (QED) is 0.725. The fourth-order valence-electron chi connectivity index (χ4n) is 1.85. The van der Waals surface area contributed by atoms with Gasteiger partial charge in [0.15, 0.2) is 16.8 Å². The molecule has 0 aliphatic carbocycles. The van der Waals surface area contributed by atoms with Gasteiger partial charge < -0.3 is 10.1 Å². The number of aromatic nitrogens is 3. The Labute approximate surface area is 134 Å². The van der Waals surface area contributed by atoms with Crippen molar-refractivity contribution >= 4 is 33.9 Å². The topological polar surface area (TPSA) is 59.9 Å². The fourth-order valence-corrected chi connectivity index (χ4v) is 2.69. The first-order valence-corrected chi connectivity index (χ1v) is 7.47. The van der Waals surface area contributed by atoms with Crippen molar-refractivity contribution in [3.63, 3.8) is 0 Å². The number of benzene rings is 1. The maximum atomic E-state index is 13.6. The lowest BCUT2D eigenvalue weighted by atomic mass is 10.1. The molecular weight excluding hydrogens is 327 g/mol. The van der Waals surface area contributed by atoms with Crippen molar-refractivity contribution in [2.75, 3.05) is 12.4 Å². The Bertz CT molecular complexity index is 811. The Hall–Kier alpha value is -2.25. The Balaban J connectivity index is 1.89. The molecule has 0 spiro atoms.